The molecular formula is C20H34IN7. The van der Waals surface area contributed by atoms with Crippen LogP contribution < -0.4 is 15.5 Å². The van der Waals surface area contributed by atoms with E-state index in [0.29, 0.717) is 6.54 Å². The maximum atomic E-state index is 4.56. The summed E-state index contributed by atoms with van der Waals surface area (Å²) in [6.07, 6.45) is 2.92. The second kappa shape index (κ2) is 12.6. The lowest BCUT2D eigenvalue weighted by Crippen LogP contribution is -2.37. The highest BCUT2D eigenvalue weighted by atomic mass is 127. The summed E-state index contributed by atoms with van der Waals surface area (Å²) in [7, 11) is 1.79. The standard InChI is InChI=1S/C20H33N7.HI/c1-6-26(7-2)19-10-9-18(14-23-19)15-24-20(21-5)22-11-8-12-27-17(4)13-16(3)25-27;/h9-10,13-14H,6-8,11-12,15H2,1-5H3,(H2,21,22,24);1H. The average Bonchev–Trinajstić information content (AvgIpc) is 3.00. The Labute approximate surface area is 186 Å². The highest BCUT2D eigenvalue weighted by Gasteiger charge is 2.04. The fourth-order valence-electron chi connectivity index (χ4n) is 3.00. The third-order valence-electron chi connectivity index (χ3n) is 4.52. The van der Waals surface area contributed by atoms with E-state index in [-0.39, 0.29) is 24.0 Å². The van der Waals surface area contributed by atoms with Gasteiger partial charge in [-0.05, 0) is 51.8 Å². The molecule has 0 aliphatic rings. The van der Waals surface area contributed by atoms with Crippen LogP contribution in [0.3, 0.4) is 0 Å². The van der Waals surface area contributed by atoms with E-state index >= 15 is 0 Å². The van der Waals surface area contributed by atoms with Crippen molar-refractivity contribution in [2.75, 3.05) is 31.6 Å². The minimum absolute atomic E-state index is 0. The first kappa shape index (κ1) is 24.2. The number of hydrogen-bond acceptors (Lipinski definition) is 4. The predicted octanol–water partition coefficient (Wildman–Crippen LogP) is 3.11. The summed E-state index contributed by atoms with van der Waals surface area (Å²) < 4.78 is 2.05. The van der Waals surface area contributed by atoms with Crippen molar-refractivity contribution in [2.24, 2.45) is 4.99 Å². The van der Waals surface area contributed by atoms with Gasteiger partial charge in [-0.25, -0.2) is 4.98 Å². The molecule has 0 amide bonds. The van der Waals surface area contributed by atoms with Crippen LogP contribution >= 0.6 is 24.0 Å². The van der Waals surface area contributed by atoms with Crippen LogP contribution in [0.15, 0.2) is 29.4 Å². The van der Waals surface area contributed by atoms with E-state index in [1.54, 1.807) is 7.05 Å². The Balaban J connectivity index is 0.00000392. The molecule has 0 aromatic carbocycles. The number of halogens is 1. The van der Waals surface area contributed by atoms with Crippen molar-refractivity contribution >= 4 is 35.8 Å². The van der Waals surface area contributed by atoms with Gasteiger partial charge in [-0.1, -0.05) is 6.07 Å². The Hall–Kier alpha value is -1.84. The lowest BCUT2D eigenvalue weighted by molar-refractivity contribution is 0.555. The number of pyridine rings is 1. The fraction of sp³-hybridized carbons (Fsp3) is 0.550. The zero-order chi connectivity index (χ0) is 19.6. The van der Waals surface area contributed by atoms with Gasteiger partial charge in [0.2, 0.25) is 0 Å². The number of anilines is 1. The number of aliphatic imine (C=N–C) groups is 1. The van der Waals surface area contributed by atoms with Crippen molar-refractivity contribution in [3.05, 3.63) is 41.3 Å². The molecule has 0 saturated carbocycles. The smallest absolute Gasteiger partial charge is 0.191 e. The van der Waals surface area contributed by atoms with Gasteiger partial charge in [0.25, 0.3) is 0 Å². The molecule has 8 heteroatoms. The average molecular weight is 499 g/mol. The third-order valence-corrected chi connectivity index (χ3v) is 4.52. The van der Waals surface area contributed by atoms with Gasteiger partial charge in [0.15, 0.2) is 5.96 Å². The fourth-order valence-corrected chi connectivity index (χ4v) is 3.00. The van der Waals surface area contributed by atoms with Crippen LogP contribution in [0.25, 0.3) is 0 Å². The van der Waals surface area contributed by atoms with Crippen LogP contribution in [0.1, 0.15) is 37.2 Å². The second-order valence-electron chi connectivity index (χ2n) is 6.55. The molecule has 2 aromatic heterocycles. The van der Waals surface area contributed by atoms with Crippen molar-refractivity contribution in [2.45, 2.75) is 47.2 Å². The van der Waals surface area contributed by atoms with Crippen molar-refractivity contribution in [3.8, 4) is 0 Å². The number of hydrogen-bond donors (Lipinski definition) is 2. The quantitative estimate of drug-likeness (QED) is 0.240. The number of guanidine groups is 1. The van der Waals surface area contributed by atoms with Gasteiger partial charge in [-0.15, -0.1) is 24.0 Å². The molecule has 0 atom stereocenters. The molecule has 0 aliphatic heterocycles. The molecule has 0 unspecified atom stereocenters. The van der Waals surface area contributed by atoms with Gasteiger partial charge in [-0.3, -0.25) is 9.67 Å². The highest BCUT2D eigenvalue weighted by Crippen LogP contribution is 2.10. The first-order valence-electron chi connectivity index (χ1n) is 9.72. The SMILES string of the molecule is CCN(CC)c1ccc(CNC(=NC)NCCCn2nc(C)cc2C)cn1.I. The van der Waals surface area contributed by atoms with Crippen LogP contribution in [0.5, 0.6) is 0 Å². The Morgan fingerprint density at radius 3 is 2.46 bits per heavy atom. The van der Waals surface area contributed by atoms with Crippen molar-refractivity contribution < 1.29 is 0 Å². The zero-order valence-corrected chi connectivity index (χ0v) is 20.0. The van der Waals surface area contributed by atoms with Gasteiger partial charge in [-0.2, -0.15) is 5.10 Å². The van der Waals surface area contributed by atoms with Crippen LogP contribution in [-0.4, -0.2) is 47.4 Å². The summed E-state index contributed by atoms with van der Waals surface area (Å²) in [5, 5.41) is 11.2. The summed E-state index contributed by atoms with van der Waals surface area (Å²) in [6, 6.07) is 6.30. The van der Waals surface area contributed by atoms with E-state index in [4.69, 9.17) is 0 Å². The van der Waals surface area contributed by atoms with Crippen LogP contribution in [0.2, 0.25) is 0 Å². The molecule has 0 aliphatic carbocycles. The van der Waals surface area contributed by atoms with Crippen molar-refractivity contribution in [1.29, 1.82) is 0 Å². The van der Waals surface area contributed by atoms with E-state index in [2.05, 4.69) is 74.3 Å². The molecule has 2 N–H and O–H groups in total. The van der Waals surface area contributed by atoms with E-state index < -0.39 is 0 Å². The van der Waals surface area contributed by atoms with Crippen LogP contribution in [0.4, 0.5) is 5.82 Å². The number of aryl methyl sites for hydroxylation is 3. The third kappa shape index (κ3) is 7.29. The lowest BCUT2D eigenvalue weighted by Gasteiger charge is -2.19. The van der Waals surface area contributed by atoms with E-state index in [9.17, 15) is 0 Å². The summed E-state index contributed by atoms with van der Waals surface area (Å²) in [5.41, 5.74) is 3.41. The summed E-state index contributed by atoms with van der Waals surface area (Å²) in [4.78, 5) is 11.1. The number of nitrogens with zero attached hydrogens (tertiary/aromatic N) is 5. The van der Waals surface area contributed by atoms with Crippen LogP contribution in [0, 0.1) is 13.8 Å². The number of aromatic nitrogens is 3. The van der Waals surface area contributed by atoms with E-state index in [0.717, 1.165) is 55.6 Å². The predicted molar refractivity (Wildman–Crippen MR) is 128 cm³/mol. The molecule has 0 bridgehead atoms. The molecule has 2 aromatic rings. The minimum atomic E-state index is 0. The van der Waals surface area contributed by atoms with Crippen molar-refractivity contribution in [1.82, 2.24) is 25.4 Å². The Morgan fingerprint density at radius 2 is 1.93 bits per heavy atom. The molecule has 2 heterocycles. The molecule has 0 saturated heterocycles. The molecule has 28 heavy (non-hydrogen) atoms. The van der Waals surface area contributed by atoms with Gasteiger partial charge in [0.05, 0.1) is 5.69 Å². The Kier molecular flexibility index (Phi) is 10.9. The monoisotopic (exact) mass is 499 g/mol. The van der Waals surface area contributed by atoms with Gasteiger partial charge < -0.3 is 15.5 Å². The summed E-state index contributed by atoms with van der Waals surface area (Å²) in [6.45, 7) is 12.8. The van der Waals surface area contributed by atoms with Crippen molar-refractivity contribution in [3.63, 3.8) is 0 Å². The number of rotatable bonds is 9. The van der Waals surface area contributed by atoms with Gasteiger partial charge >= 0.3 is 0 Å². The van der Waals surface area contributed by atoms with Gasteiger partial charge in [0, 0.05) is 51.7 Å². The van der Waals surface area contributed by atoms with Gasteiger partial charge in [0.1, 0.15) is 5.82 Å². The second-order valence-corrected chi connectivity index (χ2v) is 6.55. The first-order chi connectivity index (χ1) is 13.1. The largest absolute Gasteiger partial charge is 0.357 e. The minimum Gasteiger partial charge on any atom is -0.357 e. The molecule has 2 rings (SSSR count). The molecule has 0 fully saturated rings. The van der Waals surface area contributed by atoms with E-state index in [1.165, 1.54) is 5.69 Å². The maximum absolute atomic E-state index is 4.56. The first-order valence-corrected chi connectivity index (χ1v) is 9.72. The molecular weight excluding hydrogens is 465 g/mol. The molecule has 0 spiro atoms. The Bertz CT molecular complexity index is 721. The normalized spacial score (nSPS) is 11.1. The summed E-state index contributed by atoms with van der Waals surface area (Å²) in [5.74, 6) is 1.83. The molecule has 156 valence electrons. The molecule has 0 radical (unpaired) electrons. The lowest BCUT2D eigenvalue weighted by atomic mass is 10.2. The maximum Gasteiger partial charge on any atom is 0.191 e. The van der Waals surface area contributed by atoms with Crippen LogP contribution in [-0.2, 0) is 13.1 Å². The number of nitrogens with one attached hydrogen (secondary N) is 2. The zero-order valence-electron chi connectivity index (χ0n) is 17.7. The Morgan fingerprint density at radius 1 is 1.18 bits per heavy atom. The topological polar surface area (TPSA) is 70.4 Å². The molecule has 7 nitrogen and oxygen atoms in total. The summed E-state index contributed by atoms with van der Waals surface area (Å²) >= 11 is 0. The van der Waals surface area contributed by atoms with E-state index in [1.807, 2.05) is 13.1 Å². The highest BCUT2D eigenvalue weighted by molar-refractivity contribution is 14.0.